The number of ether oxygens (including phenoxy) is 1. The molecule has 0 amide bonds. The highest BCUT2D eigenvalue weighted by atomic mass is 19.2. The quantitative estimate of drug-likeness (QED) is 0.188. The van der Waals surface area contributed by atoms with E-state index >= 15 is 8.78 Å². The van der Waals surface area contributed by atoms with E-state index in [1.165, 1.54) is 69.8 Å². The predicted molar refractivity (Wildman–Crippen MR) is 160 cm³/mol. The van der Waals surface area contributed by atoms with E-state index in [4.69, 9.17) is 4.74 Å². The largest absolute Gasteiger partial charge is 0.494 e. The lowest BCUT2D eigenvalue weighted by Gasteiger charge is -2.26. The SMILES string of the molecule is CCCCCc1ccc(-c2ccc(-c3ccc(OCCCCCCC4CCC(C)CC4)cc3)c(F)c2F)cc1. The van der Waals surface area contributed by atoms with Crippen molar-refractivity contribution in [1.82, 2.24) is 0 Å². The summed E-state index contributed by atoms with van der Waals surface area (Å²) in [7, 11) is 0. The lowest BCUT2D eigenvalue weighted by molar-refractivity contribution is 0.268. The van der Waals surface area contributed by atoms with E-state index in [1.807, 2.05) is 48.5 Å². The van der Waals surface area contributed by atoms with Gasteiger partial charge < -0.3 is 4.74 Å². The Morgan fingerprint density at radius 3 is 1.87 bits per heavy atom. The number of halogens is 2. The van der Waals surface area contributed by atoms with Crippen molar-refractivity contribution >= 4 is 0 Å². The smallest absolute Gasteiger partial charge is 0.167 e. The molecule has 0 saturated heterocycles. The third-order valence-electron chi connectivity index (χ3n) is 8.49. The maximum Gasteiger partial charge on any atom is 0.167 e. The van der Waals surface area contributed by atoms with Crippen LogP contribution >= 0.6 is 0 Å². The van der Waals surface area contributed by atoms with Crippen molar-refractivity contribution in [3.8, 4) is 28.0 Å². The number of hydrogen-bond donors (Lipinski definition) is 0. The number of unbranched alkanes of at least 4 members (excludes halogenated alkanes) is 5. The van der Waals surface area contributed by atoms with Crippen LogP contribution in [0.5, 0.6) is 5.75 Å². The predicted octanol–water partition coefficient (Wildman–Crippen LogP) is 11.2. The molecule has 0 aromatic heterocycles. The first-order valence-corrected chi connectivity index (χ1v) is 15.4. The lowest BCUT2D eigenvalue weighted by Crippen LogP contribution is -2.12. The molecule has 4 rings (SSSR count). The first kappa shape index (κ1) is 29.3. The molecule has 0 N–H and O–H groups in total. The molecular weight excluding hydrogens is 486 g/mol. The van der Waals surface area contributed by atoms with Crippen LogP contribution < -0.4 is 4.74 Å². The van der Waals surface area contributed by atoms with Crippen LogP contribution in [0.25, 0.3) is 22.3 Å². The summed E-state index contributed by atoms with van der Waals surface area (Å²) in [6.45, 7) is 5.26. The fraction of sp³-hybridized carbons (Fsp3) is 0.500. The summed E-state index contributed by atoms with van der Waals surface area (Å²) in [6.07, 6.45) is 16.5. The van der Waals surface area contributed by atoms with E-state index in [0.29, 0.717) is 23.3 Å². The van der Waals surface area contributed by atoms with Crippen molar-refractivity contribution in [2.75, 3.05) is 6.61 Å². The molecule has 0 bridgehead atoms. The van der Waals surface area contributed by atoms with Crippen molar-refractivity contribution in [2.45, 2.75) is 97.3 Å². The Balaban J connectivity index is 1.23. The van der Waals surface area contributed by atoms with Gasteiger partial charge in [0.25, 0.3) is 0 Å². The molecule has 39 heavy (non-hydrogen) atoms. The van der Waals surface area contributed by atoms with Crippen LogP contribution in [0, 0.1) is 23.5 Å². The highest BCUT2D eigenvalue weighted by Crippen LogP contribution is 2.33. The second kappa shape index (κ2) is 15.2. The average molecular weight is 533 g/mol. The fourth-order valence-electron chi connectivity index (χ4n) is 5.85. The average Bonchev–Trinajstić information content (AvgIpc) is 2.96. The molecule has 0 atom stereocenters. The van der Waals surface area contributed by atoms with Gasteiger partial charge in [-0.3, -0.25) is 0 Å². The Labute approximate surface area is 235 Å². The van der Waals surface area contributed by atoms with Crippen LogP contribution in [0.15, 0.2) is 60.7 Å². The molecule has 0 spiro atoms. The third-order valence-corrected chi connectivity index (χ3v) is 8.49. The summed E-state index contributed by atoms with van der Waals surface area (Å²) in [6, 6.07) is 18.5. The molecule has 3 heteroatoms. The maximum absolute atomic E-state index is 15.1. The number of hydrogen-bond acceptors (Lipinski definition) is 1. The molecular formula is C36H46F2O. The lowest BCUT2D eigenvalue weighted by atomic mass is 9.80. The second-order valence-electron chi connectivity index (χ2n) is 11.6. The van der Waals surface area contributed by atoms with E-state index in [-0.39, 0.29) is 5.56 Å². The maximum atomic E-state index is 15.1. The Bertz CT molecular complexity index is 1130. The van der Waals surface area contributed by atoms with Crippen LogP contribution in [-0.2, 0) is 6.42 Å². The van der Waals surface area contributed by atoms with Crippen LogP contribution in [0.4, 0.5) is 8.78 Å². The van der Waals surface area contributed by atoms with Crippen LogP contribution in [0.2, 0.25) is 0 Å². The highest BCUT2D eigenvalue weighted by Gasteiger charge is 2.18. The monoisotopic (exact) mass is 532 g/mol. The molecule has 0 unspecified atom stereocenters. The molecule has 0 heterocycles. The zero-order valence-electron chi connectivity index (χ0n) is 24.0. The van der Waals surface area contributed by atoms with Crippen molar-refractivity contribution in [3.05, 3.63) is 77.9 Å². The van der Waals surface area contributed by atoms with Gasteiger partial charge in [0.2, 0.25) is 0 Å². The van der Waals surface area contributed by atoms with Crippen LogP contribution in [-0.4, -0.2) is 6.61 Å². The van der Waals surface area contributed by atoms with Gasteiger partial charge in [0.05, 0.1) is 6.61 Å². The minimum absolute atomic E-state index is 0.270. The van der Waals surface area contributed by atoms with E-state index in [0.717, 1.165) is 36.8 Å². The summed E-state index contributed by atoms with van der Waals surface area (Å²) in [5.74, 6) is 1.05. The number of benzene rings is 3. The van der Waals surface area contributed by atoms with E-state index < -0.39 is 11.6 Å². The molecule has 0 radical (unpaired) electrons. The second-order valence-corrected chi connectivity index (χ2v) is 11.6. The Morgan fingerprint density at radius 2 is 1.26 bits per heavy atom. The van der Waals surface area contributed by atoms with Gasteiger partial charge in [-0.1, -0.05) is 127 Å². The molecule has 210 valence electrons. The molecule has 0 aliphatic heterocycles. The molecule has 1 fully saturated rings. The normalized spacial score (nSPS) is 17.3. The standard InChI is InChI=1S/C36H46F2O/c1-3-4-7-10-29-16-18-30(19-17-29)33-24-25-34(36(38)35(33)37)31-20-22-32(23-21-31)39-26-9-6-5-8-11-28-14-12-27(2)13-15-28/h16-25,27-28H,3-15,26H2,1-2H3. The topological polar surface area (TPSA) is 9.23 Å². The first-order valence-electron chi connectivity index (χ1n) is 15.4. The molecule has 3 aromatic carbocycles. The number of aryl methyl sites for hydroxylation is 1. The zero-order chi connectivity index (χ0) is 27.5. The Hall–Kier alpha value is -2.68. The summed E-state index contributed by atoms with van der Waals surface area (Å²) < 4.78 is 36.1. The van der Waals surface area contributed by atoms with Gasteiger partial charge in [0.1, 0.15) is 5.75 Å². The van der Waals surface area contributed by atoms with Crippen molar-refractivity contribution in [1.29, 1.82) is 0 Å². The minimum Gasteiger partial charge on any atom is -0.494 e. The van der Waals surface area contributed by atoms with Crippen LogP contribution in [0.1, 0.15) is 96.5 Å². The molecule has 3 aromatic rings. The molecule has 1 nitrogen and oxygen atoms in total. The summed E-state index contributed by atoms with van der Waals surface area (Å²) in [5, 5.41) is 0. The van der Waals surface area contributed by atoms with E-state index in [2.05, 4.69) is 13.8 Å². The fourth-order valence-corrected chi connectivity index (χ4v) is 5.85. The van der Waals surface area contributed by atoms with Gasteiger partial charge in [-0.05, 0) is 59.9 Å². The molecule has 1 aliphatic carbocycles. The van der Waals surface area contributed by atoms with Crippen molar-refractivity contribution in [3.63, 3.8) is 0 Å². The van der Waals surface area contributed by atoms with Crippen LogP contribution in [0.3, 0.4) is 0 Å². The van der Waals surface area contributed by atoms with Gasteiger partial charge >= 0.3 is 0 Å². The first-order chi connectivity index (χ1) is 19.0. The zero-order valence-corrected chi connectivity index (χ0v) is 24.0. The third kappa shape index (κ3) is 8.65. The van der Waals surface area contributed by atoms with Gasteiger partial charge in [-0.15, -0.1) is 0 Å². The van der Waals surface area contributed by atoms with Crippen molar-refractivity contribution in [2.24, 2.45) is 11.8 Å². The highest BCUT2D eigenvalue weighted by molar-refractivity contribution is 5.72. The summed E-state index contributed by atoms with van der Waals surface area (Å²) in [5.41, 5.74) is 3.14. The van der Waals surface area contributed by atoms with Crippen molar-refractivity contribution < 1.29 is 13.5 Å². The number of rotatable bonds is 14. The van der Waals surface area contributed by atoms with Gasteiger partial charge in [-0.2, -0.15) is 0 Å². The minimum atomic E-state index is -0.809. The molecule has 1 aliphatic rings. The van der Waals surface area contributed by atoms with Gasteiger partial charge in [0, 0.05) is 11.1 Å². The summed E-state index contributed by atoms with van der Waals surface area (Å²) in [4.78, 5) is 0. The Morgan fingerprint density at radius 1 is 0.667 bits per heavy atom. The molecule has 1 saturated carbocycles. The Kier molecular flexibility index (Phi) is 11.4. The van der Waals surface area contributed by atoms with Gasteiger partial charge in [-0.25, -0.2) is 8.78 Å². The van der Waals surface area contributed by atoms with E-state index in [1.54, 1.807) is 12.1 Å². The van der Waals surface area contributed by atoms with E-state index in [9.17, 15) is 0 Å². The summed E-state index contributed by atoms with van der Waals surface area (Å²) >= 11 is 0. The van der Waals surface area contributed by atoms with Gasteiger partial charge in [0.15, 0.2) is 11.6 Å².